The van der Waals surface area contributed by atoms with Crippen molar-refractivity contribution in [3.63, 3.8) is 0 Å². The van der Waals surface area contributed by atoms with E-state index < -0.39 is 56.2 Å². The standard InChI is InChI=1S/C7H13F3O6S2/c1-6(8,9)2-3-7(10,4-17(11,12)13)5-18(14,15)16/h2-5H2,1H3,(H,11,12,13)(H,14,15,16). The van der Waals surface area contributed by atoms with E-state index in [0.717, 1.165) is 0 Å². The average Bonchev–Trinajstić information content (AvgIpc) is 1.91. The lowest BCUT2D eigenvalue weighted by Gasteiger charge is -2.23. The number of hydrogen-bond acceptors (Lipinski definition) is 4. The van der Waals surface area contributed by atoms with Crippen molar-refractivity contribution in [1.29, 1.82) is 0 Å². The maximum absolute atomic E-state index is 13.9. The van der Waals surface area contributed by atoms with E-state index in [1.165, 1.54) is 0 Å². The predicted molar refractivity (Wildman–Crippen MR) is 56.5 cm³/mol. The van der Waals surface area contributed by atoms with Crippen LogP contribution in [0, 0.1) is 0 Å². The van der Waals surface area contributed by atoms with E-state index in [9.17, 15) is 30.0 Å². The molecule has 0 aromatic heterocycles. The van der Waals surface area contributed by atoms with Crippen LogP contribution in [0.2, 0.25) is 0 Å². The van der Waals surface area contributed by atoms with Gasteiger partial charge >= 0.3 is 0 Å². The number of alkyl halides is 3. The van der Waals surface area contributed by atoms with Crippen LogP contribution in [0.25, 0.3) is 0 Å². The second kappa shape index (κ2) is 5.31. The molecule has 0 aliphatic heterocycles. The van der Waals surface area contributed by atoms with Gasteiger partial charge in [-0.25, -0.2) is 13.2 Å². The van der Waals surface area contributed by atoms with E-state index in [4.69, 9.17) is 9.11 Å². The minimum Gasteiger partial charge on any atom is -0.285 e. The van der Waals surface area contributed by atoms with Crippen molar-refractivity contribution in [3.05, 3.63) is 0 Å². The lowest BCUT2D eigenvalue weighted by molar-refractivity contribution is -0.00243. The molecule has 0 spiro atoms. The van der Waals surface area contributed by atoms with E-state index >= 15 is 0 Å². The highest BCUT2D eigenvalue weighted by molar-refractivity contribution is 7.86. The molecule has 2 N–H and O–H groups in total. The minimum atomic E-state index is -4.92. The van der Waals surface area contributed by atoms with Crippen LogP contribution in [0.1, 0.15) is 19.8 Å². The van der Waals surface area contributed by atoms with Crippen LogP contribution >= 0.6 is 0 Å². The monoisotopic (exact) mass is 314 g/mol. The second-order valence-electron chi connectivity index (χ2n) is 4.17. The highest BCUT2D eigenvalue weighted by atomic mass is 32.2. The number of rotatable bonds is 7. The van der Waals surface area contributed by atoms with Crippen LogP contribution in [0.15, 0.2) is 0 Å². The smallest absolute Gasteiger partial charge is 0.268 e. The second-order valence-corrected chi connectivity index (χ2v) is 7.08. The molecule has 18 heavy (non-hydrogen) atoms. The summed E-state index contributed by atoms with van der Waals surface area (Å²) in [5.74, 6) is -6.71. The van der Waals surface area contributed by atoms with Gasteiger partial charge in [0.1, 0.15) is 17.2 Å². The summed E-state index contributed by atoms with van der Waals surface area (Å²) in [6.07, 6.45) is -2.27. The van der Waals surface area contributed by atoms with E-state index in [1.54, 1.807) is 0 Å². The molecule has 0 atom stereocenters. The van der Waals surface area contributed by atoms with Crippen molar-refractivity contribution in [2.45, 2.75) is 31.4 Å². The first-order valence-corrected chi connectivity index (χ1v) is 7.81. The van der Waals surface area contributed by atoms with Gasteiger partial charge < -0.3 is 0 Å². The first-order valence-electron chi connectivity index (χ1n) is 4.59. The average molecular weight is 314 g/mol. The summed E-state index contributed by atoms with van der Waals surface area (Å²) in [4.78, 5) is 0. The fourth-order valence-electron chi connectivity index (χ4n) is 1.28. The molecule has 6 nitrogen and oxygen atoms in total. The maximum atomic E-state index is 13.9. The Balaban J connectivity index is 5.04. The zero-order valence-corrected chi connectivity index (χ0v) is 10.9. The summed E-state index contributed by atoms with van der Waals surface area (Å²) in [6.45, 7) is 0.439. The first kappa shape index (κ1) is 17.6. The maximum Gasteiger partial charge on any atom is 0.268 e. The highest BCUT2D eigenvalue weighted by Crippen LogP contribution is 2.29. The summed E-state index contributed by atoms with van der Waals surface area (Å²) in [7, 11) is -9.83. The summed E-state index contributed by atoms with van der Waals surface area (Å²) in [5.41, 5.74) is -3.18. The molecule has 110 valence electrons. The Morgan fingerprint density at radius 2 is 1.22 bits per heavy atom. The Morgan fingerprint density at radius 1 is 0.889 bits per heavy atom. The van der Waals surface area contributed by atoms with Crippen LogP contribution in [0.4, 0.5) is 13.2 Å². The fraction of sp³-hybridized carbons (Fsp3) is 1.00. The van der Waals surface area contributed by atoms with Crippen molar-refractivity contribution in [2.24, 2.45) is 0 Å². The van der Waals surface area contributed by atoms with Crippen molar-refractivity contribution >= 4 is 20.2 Å². The molecule has 0 unspecified atom stereocenters. The molecule has 11 heteroatoms. The molecule has 0 saturated carbocycles. The summed E-state index contributed by atoms with van der Waals surface area (Å²) < 4.78 is 97.9. The third kappa shape index (κ3) is 9.62. The quantitative estimate of drug-likeness (QED) is 0.676. The molecule has 0 saturated heterocycles. The Morgan fingerprint density at radius 3 is 1.44 bits per heavy atom. The van der Waals surface area contributed by atoms with E-state index in [0.29, 0.717) is 6.92 Å². The van der Waals surface area contributed by atoms with Crippen molar-refractivity contribution in [1.82, 2.24) is 0 Å². The van der Waals surface area contributed by atoms with Crippen LogP contribution in [0.5, 0.6) is 0 Å². The van der Waals surface area contributed by atoms with Crippen molar-refractivity contribution in [3.8, 4) is 0 Å². The molecule has 0 amide bonds. The molecule has 0 rings (SSSR count). The van der Waals surface area contributed by atoms with Gasteiger partial charge in [0.05, 0.1) is 0 Å². The van der Waals surface area contributed by atoms with E-state index in [2.05, 4.69) is 0 Å². The van der Waals surface area contributed by atoms with Gasteiger partial charge in [0.15, 0.2) is 0 Å². The molecule has 0 heterocycles. The lowest BCUT2D eigenvalue weighted by Crippen LogP contribution is -2.40. The van der Waals surface area contributed by atoms with Gasteiger partial charge in [-0.3, -0.25) is 9.11 Å². The van der Waals surface area contributed by atoms with E-state index in [1.807, 2.05) is 0 Å². The molecule has 0 bridgehead atoms. The lowest BCUT2D eigenvalue weighted by atomic mass is 10.0. The molecular formula is C7H13F3O6S2. The molecule has 0 aromatic rings. The molecule has 0 fully saturated rings. The number of hydrogen-bond donors (Lipinski definition) is 2. The normalized spacial score (nSPS) is 14.8. The highest BCUT2D eigenvalue weighted by Gasteiger charge is 2.41. The van der Waals surface area contributed by atoms with Crippen LogP contribution in [-0.2, 0) is 20.2 Å². The number of halogens is 3. The first-order chi connectivity index (χ1) is 7.62. The topological polar surface area (TPSA) is 109 Å². The summed E-state index contributed by atoms with van der Waals surface area (Å²) >= 11 is 0. The van der Waals surface area contributed by atoms with Gasteiger partial charge in [0, 0.05) is 6.42 Å². The Kier molecular flexibility index (Phi) is 5.19. The predicted octanol–water partition coefficient (Wildman–Crippen LogP) is 0.906. The zero-order chi connectivity index (χ0) is 14.8. The molecule has 0 aromatic carbocycles. The molecule has 0 aliphatic carbocycles. The fourth-order valence-corrected chi connectivity index (χ4v) is 3.21. The Labute approximate surface area is 103 Å². The van der Waals surface area contributed by atoms with Gasteiger partial charge in [-0.05, 0) is 13.3 Å². The molecular weight excluding hydrogens is 301 g/mol. The Hall–Kier alpha value is -0.390. The van der Waals surface area contributed by atoms with E-state index in [-0.39, 0.29) is 0 Å². The SMILES string of the molecule is CC(F)(F)CCC(F)(CS(=O)(=O)O)CS(=O)(=O)O. The minimum absolute atomic E-state index is 0.439. The van der Waals surface area contributed by atoms with Crippen LogP contribution in [-0.4, -0.2) is 49.0 Å². The van der Waals surface area contributed by atoms with Gasteiger partial charge in [-0.2, -0.15) is 16.8 Å². The Bertz CT molecular complexity index is 444. The molecule has 0 radical (unpaired) electrons. The third-order valence-corrected chi connectivity index (χ3v) is 3.66. The summed E-state index contributed by atoms with van der Waals surface area (Å²) in [5, 5.41) is 0. The van der Waals surface area contributed by atoms with Crippen LogP contribution in [0.3, 0.4) is 0 Å². The van der Waals surface area contributed by atoms with Gasteiger partial charge in [-0.15, -0.1) is 0 Å². The molecule has 0 aliphatic rings. The van der Waals surface area contributed by atoms with Gasteiger partial charge in [0.25, 0.3) is 20.2 Å². The largest absolute Gasteiger partial charge is 0.285 e. The van der Waals surface area contributed by atoms with Crippen molar-refractivity contribution < 1.29 is 39.1 Å². The van der Waals surface area contributed by atoms with Gasteiger partial charge in [0.2, 0.25) is 5.92 Å². The van der Waals surface area contributed by atoms with Crippen molar-refractivity contribution in [2.75, 3.05) is 11.5 Å². The third-order valence-electron chi connectivity index (χ3n) is 1.89. The zero-order valence-electron chi connectivity index (χ0n) is 9.31. The van der Waals surface area contributed by atoms with Gasteiger partial charge in [-0.1, -0.05) is 0 Å². The summed E-state index contributed by atoms with van der Waals surface area (Å²) in [6, 6.07) is 0. The van der Waals surface area contributed by atoms with Crippen LogP contribution < -0.4 is 0 Å².